The Morgan fingerprint density at radius 1 is 0.500 bits per heavy atom. The molecule has 0 aliphatic carbocycles. The molecule has 0 spiro atoms. The summed E-state index contributed by atoms with van der Waals surface area (Å²) in [5.74, 6) is -8.10. The van der Waals surface area contributed by atoms with Crippen molar-refractivity contribution in [2.45, 2.75) is 385 Å². The van der Waals surface area contributed by atoms with Crippen LogP contribution in [0, 0.1) is 0 Å². The molecule has 5 aliphatic rings. The van der Waals surface area contributed by atoms with Crippen LogP contribution in [0.5, 0.6) is 0 Å². The Bertz CT molecular complexity index is 2510. The van der Waals surface area contributed by atoms with Crippen molar-refractivity contribution in [3.05, 3.63) is 12.2 Å². The average Bonchev–Trinajstić information content (AvgIpc) is 0.750. The van der Waals surface area contributed by atoms with Crippen LogP contribution in [0.15, 0.2) is 12.2 Å². The van der Waals surface area contributed by atoms with Gasteiger partial charge in [-0.15, -0.1) is 0 Å². The van der Waals surface area contributed by atoms with E-state index in [1.807, 2.05) is 6.08 Å². The molecule has 35 heteroatoms. The third kappa shape index (κ3) is 30.3. The average molecular weight is 1570 g/mol. The van der Waals surface area contributed by atoms with Crippen LogP contribution in [0.25, 0.3) is 0 Å². The third-order valence-corrected chi connectivity index (χ3v) is 20.6. The number of unbranched alkanes of at least 4 members (excludes halogenated alkanes) is 25. The van der Waals surface area contributed by atoms with E-state index in [0.29, 0.717) is 12.8 Å². The number of allylic oxidation sites excluding steroid dienone is 1. The summed E-state index contributed by atoms with van der Waals surface area (Å²) in [7, 11) is 0. The minimum absolute atomic E-state index is 0. The molecular weight excluding hydrogens is 1440 g/mol. The van der Waals surface area contributed by atoms with E-state index in [0.717, 1.165) is 71.6 Å². The summed E-state index contributed by atoms with van der Waals surface area (Å²) in [5, 5.41) is 199. The van der Waals surface area contributed by atoms with Crippen LogP contribution in [0.4, 0.5) is 0 Å². The SMILES string of the molecule is CCCCCCCCCCCCC/C=C/[C@@H](O)[C@H](CO[C@@H]1O[C@H](CO)[C@@H](O[C@@H]2O[C@H](CO)[C@H](O[C@@H]3O[C@H](CO)[C@H](O)[C@H](O[C@@H]4O[C@H](CO)[C@H](O)[C@H](O)[C@H]4O)[C@H]3NC(C)=O)[C@H](O[C@]3(C(=O)[O-])C[C@H](O)[C@@H](NC(C)=O)[C@H]([C@H](O)[C@H](O)CO)O3)[C@H]2O)[C@H](O)[C@H]1O)NC(=O)CCCCCCCCCCCCCCCCC.[Na+]. The van der Waals surface area contributed by atoms with Crippen LogP contribution in [0.3, 0.4) is 0 Å². The second-order valence-corrected chi connectivity index (χ2v) is 29.3. The second kappa shape index (κ2) is 52.2. The van der Waals surface area contributed by atoms with Gasteiger partial charge in [0.05, 0.1) is 63.9 Å². The number of ether oxygens (including phenoxy) is 10. The summed E-state index contributed by atoms with van der Waals surface area (Å²) >= 11 is 0. The second-order valence-electron chi connectivity index (χ2n) is 29.3. The number of aliphatic carboxylic acids is 1. The maximum Gasteiger partial charge on any atom is 1.00 e. The zero-order chi connectivity index (χ0) is 78.8. The van der Waals surface area contributed by atoms with Crippen molar-refractivity contribution in [2.24, 2.45) is 0 Å². The van der Waals surface area contributed by atoms with Crippen LogP contribution >= 0.6 is 0 Å². The monoisotopic (exact) mass is 1570 g/mol. The van der Waals surface area contributed by atoms with Gasteiger partial charge in [-0.25, -0.2) is 0 Å². The van der Waals surface area contributed by atoms with Crippen molar-refractivity contribution in [3.8, 4) is 0 Å². The number of hydrogen-bond donors (Lipinski definition) is 19. The van der Waals surface area contributed by atoms with Crippen molar-refractivity contribution in [1.29, 1.82) is 0 Å². The number of carboxylic acids is 1. The molecule has 5 fully saturated rings. The molecule has 34 nitrogen and oxygen atoms in total. The maximum atomic E-state index is 13.7. The molecule has 19 N–H and O–H groups in total. The molecule has 0 aromatic rings. The quantitative estimate of drug-likeness (QED) is 0.0154. The van der Waals surface area contributed by atoms with E-state index in [9.17, 15) is 106 Å². The largest absolute Gasteiger partial charge is 1.00 e. The van der Waals surface area contributed by atoms with Crippen molar-refractivity contribution >= 4 is 23.7 Å². The molecule has 108 heavy (non-hydrogen) atoms. The molecule has 0 aromatic carbocycles. The van der Waals surface area contributed by atoms with E-state index in [-0.39, 0.29) is 41.9 Å². The van der Waals surface area contributed by atoms with Crippen LogP contribution in [0.1, 0.15) is 214 Å². The number of carbonyl (C=O) groups is 4. The van der Waals surface area contributed by atoms with Crippen molar-refractivity contribution in [3.63, 3.8) is 0 Å². The molecule has 5 aliphatic heterocycles. The molecule has 0 aromatic heterocycles. The van der Waals surface area contributed by atoms with Gasteiger partial charge in [0.1, 0.15) is 122 Å². The Kier molecular flexibility index (Phi) is 47.4. The molecule has 0 radical (unpaired) electrons. The number of aliphatic hydroxyl groups excluding tert-OH is 16. The van der Waals surface area contributed by atoms with Crippen molar-refractivity contribution < 1.29 is 183 Å². The van der Waals surface area contributed by atoms with Crippen LogP contribution in [-0.2, 0) is 66.5 Å². The smallest absolute Gasteiger partial charge is 0.544 e. The minimum Gasteiger partial charge on any atom is -0.544 e. The van der Waals surface area contributed by atoms with Crippen LogP contribution < -0.4 is 50.6 Å². The van der Waals surface area contributed by atoms with Gasteiger partial charge >= 0.3 is 29.6 Å². The van der Waals surface area contributed by atoms with E-state index in [1.165, 1.54) is 109 Å². The first-order valence-electron chi connectivity index (χ1n) is 39.1. The van der Waals surface area contributed by atoms with Gasteiger partial charge in [0.2, 0.25) is 23.5 Å². The number of carbonyl (C=O) groups excluding carboxylic acids is 4. The predicted molar refractivity (Wildman–Crippen MR) is 376 cm³/mol. The molecule has 0 unspecified atom stereocenters. The van der Waals surface area contributed by atoms with Gasteiger partial charge in [-0.2, -0.15) is 0 Å². The molecule has 5 heterocycles. The van der Waals surface area contributed by atoms with Gasteiger partial charge in [-0.1, -0.05) is 180 Å². The van der Waals surface area contributed by atoms with E-state index in [1.54, 1.807) is 0 Å². The number of rotatable bonds is 52. The summed E-state index contributed by atoms with van der Waals surface area (Å²) in [6, 6.07) is -4.85. The topological polar surface area (TPSA) is 543 Å². The summed E-state index contributed by atoms with van der Waals surface area (Å²) in [6.45, 7) is 0.239. The van der Waals surface area contributed by atoms with E-state index in [2.05, 4.69) is 29.8 Å². The van der Waals surface area contributed by atoms with Gasteiger partial charge in [0.25, 0.3) is 0 Å². The first-order chi connectivity index (χ1) is 51.3. The van der Waals surface area contributed by atoms with Gasteiger partial charge in [0.15, 0.2) is 25.2 Å². The fraction of sp³-hybridized carbons (Fsp3) is 0.918. The summed E-state index contributed by atoms with van der Waals surface area (Å²) < 4.78 is 59.9. The Morgan fingerprint density at radius 3 is 1.44 bits per heavy atom. The maximum absolute atomic E-state index is 13.7. The van der Waals surface area contributed by atoms with Crippen molar-refractivity contribution in [2.75, 3.05) is 39.6 Å². The molecule has 3 amide bonds. The zero-order valence-electron chi connectivity index (χ0n) is 63.8. The molecule has 0 bridgehead atoms. The molecule has 624 valence electrons. The predicted octanol–water partition coefficient (Wildman–Crippen LogP) is -5.37. The molecule has 0 saturated carbocycles. The number of carboxylic acid groups (broad SMARTS) is 1. The first kappa shape index (κ1) is 97.9. The first-order valence-corrected chi connectivity index (χ1v) is 39.1. The fourth-order valence-electron chi connectivity index (χ4n) is 14.3. The van der Waals surface area contributed by atoms with E-state index in [4.69, 9.17) is 47.4 Å². The zero-order valence-corrected chi connectivity index (χ0v) is 65.8. The van der Waals surface area contributed by atoms with Gasteiger partial charge < -0.3 is 155 Å². The van der Waals surface area contributed by atoms with Crippen LogP contribution in [0.2, 0.25) is 0 Å². The van der Waals surface area contributed by atoms with Crippen LogP contribution in [-0.4, -0.2) is 316 Å². The molecule has 28 atom stereocenters. The van der Waals surface area contributed by atoms with E-state index < -0.39 is 235 Å². The standard InChI is InChI=1S/C73H131N3O31.Na/c1-5-7-9-11-13-15-17-19-20-22-24-26-28-30-32-34-52(87)76-44(45(84)33-31-29-27-25-23-21-18-16-14-12-10-8-6-2)41-98-69-61(94)59(92)63(50(39-80)101-69)103-71-62(95)67(107-73(72(96)97)35-46(85)53(74-42(3)82)66(106-73)55(88)47(86)36-77)64(51(40-81)102-71)104-68-54(75-43(4)83)65(57(90)49(38-79)99-68)105-70-60(93)58(91)56(89)48(37-78)100-70;/h31,33,44-51,53-71,77-81,84-86,88-95H,5-30,32,34-41H2,1-4H3,(H,74,82)(H,75,83)(H,76,87)(H,96,97);/q;+1/p-1/b33-31+;/t44-,45+,46-,47+,48+,49+,50+,51+,53+,54+,55+,56-,57-,58-,59+,60+,61+,62+,63+,64-,65+,66+,67+,68-,69+,70-,71-,73-;/m0./s1. The summed E-state index contributed by atoms with van der Waals surface area (Å²) in [4.78, 5) is 52.8. The summed E-state index contributed by atoms with van der Waals surface area (Å²) in [5.41, 5.74) is 0. The number of nitrogens with one attached hydrogen (secondary N) is 3. The Morgan fingerprint density at radius 2 is 0.935 bits per heavy atom. The number of aliphatic hydroxyl groups is 16. The van der Waals surface area contributed by atoms with Gasteiger partial charge in [0, 0.05) is 26.7 Å². The normalized spacial score (nSPS) is 34.3. The van der Waals surface area contributed by atoms with E-state index >= 15 is 0 Å². The molecule has 5 rings (SSSR count). The van der Waals surface area contributed by atoms with Gasteiger partial charge in [-0.05, 0) is 19.3 Å². The molecule has 5 saturated heterocycles. The van der Waals surface area contributed by atoms with Gasteiger partial charge in [-0.3, -0.25) is 14.4 Å². The van der Waals surface area contributed by atoms with Crippen molar-refractivity contribution in [1.82, 2.24) is 16.0 Å². The fourth-order valence-corrected chi connectivity index (χ4v) is 14.3. The Hall–Kier alpha value is -2.42. The number of amides is 3. The Labute approximate surface area is 656 Å². The Balaban J connectivity index is 0.0000246. The summed E-state index contributed by atoms with van der Waals surface area (Å²) in [6.07, 6.45) is -17.3. The minimum atomic E-state index is -3.49. The third-order valence-electron chi connectivity index (χ3n) is 20.6. The molecular formula is C73H130N3NaO31. The number of hydrogen-bond acceptors (Lipinski definition) is 31.